The lowest BCUT2D eigenvalue weighted by atomic mass is 10.0. The first-order chi connectivity index (χ1) is 17.1. The standard InChI is InChI=1S/C29H32N2O4/c1-3-34-27-20-23(16-17-26(27)35-21-28(32)31-18-10-5-11-19-31)29(33)30(2)25-15-9-8-14-24(25)22-12-6-4-7-13-22/h4,6-9,12-17,20H,3,5,10-11,18-19,21H2,1-2H3. The Morgan fingerprint density at radius 3 is 2.31 bits per heavy atom. The highest BCUT2D eigenvalue weighted by atomic mass is 16.5. The molecular formula is C29H32N2O4. The highest BCUT2D eigenvalue weighted by molar-refractivity contribution is 6.08. The van der Waals surface area contributed by atoms with Gasteiger partial charge in [-0.25, -0.2) is 0 Å². The molecule has 2 amide bonds. The molecule has 1 heterocycles. The number of amides is 2. The van der Waals surface area contributed by atoms with E-state index in [1.165, 1.54) is 6.42 Å². The first-order valence-corrected chi connectivity index (χ1v) is 12.2. The van der Waals surface area contributed by atoms with Crippen molar-refractivity contribution in [1.29, 1.82) is 0 Å². The van der Waals surface area contributed by atoms with Crippen LogP contribution in [-0.2, 0) is 4.79 Å². The van der Waals surface area contributed by atoms with Gasteiger partial charge < -0.3 is 19.3 Å². The number of rotatable bonds is 8. The van der Waals surface area contributed by atoms with Gasteiger partial charge in [0.05, 0.1) is 12.3 Å². The SMILES string of the molecule is CCOc1cc(C(=O)N(C)c2ccccc2-c2ccccc2)ccc1OCC(=O)N1CCCCC1. The van der Waals surface area contributed by atoms with Gasteiger partial charge in [-0.15, -0.1) is 0 Å². The number of likely N-dealkylation sites (tertiary alicyclic amines) is 1. The summed E-state index contributed by atoms with van der Waals surface area (Å²) in [5, 5.41) is 0. The van der Waals surface area contributed by atoms with E-state index in [0.29, 0.717) is 23.7 Å². The Labute approximate surface area is 207 Å². The molecule has 0 saturated carbocycles. The van der Waals surface area contributed by atoms with Gasteiger partial charge in [0.25, 0.3) is 11.8 Å². The molecule has 1 saturated heterocycles. The molecule has 0 aliphatic carbocycles. The smallest absolute Gasteiger partial charge is 0.260 e. The van der Waals surface area contributed by atoms with Gasteiger partial charge >= 0.3 is 0 Å². The highest BCUT2D eigenvalue weighted by Crippen LogP contribution is 2.33. The van der Waals surface area contributed by atoms with Gasteiger partial charge in [0.15, 0.2) is 18.1 Å². The molecule has 0 bridgehead atoms. The third-order valence-electron chi connectivity index (χ3n) is 6.21. The van der Waals surface area contributed by atoms with Gasteiger partial charge in [-0.1, -0.05) is 48.5 Å². The van der Waals surface area contributed by atoms with E-state index in [-0.39, 0.29) is 18.4 Å². The molecule has 0 atom stereocenters. The molecule has 1 aliphatic heterocycles. The summed E-state index contributed by atoms with van der Waals surface area (Å²) in [4.78, 5) is 29.4. The number of anilines is 1. The fourth-order valence-electron chi connectivity index (χ4n) is 4.33. The summed E-state index contributed by atoms with van der Waals surface area (Å²) in [6.07, 6.45) is 3.24. The normalized spacial score (nSPS) is 13.3. The predicted octanol–water partition coefficient (Wildman–Crippen LogP) is 5.42. The Bertz CT molecular complexity index is 1160. The monoisotopic (exact) mass is 472 g/mol. The van der Waals surface area contributed by atoms with E-state index >= 15 is 0 Å². The van der Waals surface area contributed by atoms with Crippen molar-refractivity contribution in [3.63, 3.8) is 0 Å². The fourth-order valence-corrected chi connectivity index (χ4v) is 4.33. The van der Waals surface area contributed by atoms with Crippen LogP contribution in [0.1, 0.15) is 36.5 Å². The van der Waals surface area contributed by atoms with Crippen molar-refractivity contribution in [2.24, 2.45) is 0 Å². The van der Waals surface area contributed by atoms with E-state index in [1.807, 2.05) is 66.4 Å². The molecular weight excluding hydrogens is 440 g/mol. The Morgan fingerprint density at radius 2 is 1.57 bits per heavy atom. The van der Waals surface area contributed by atoms with E-state index in [0.717, 1.165) is 42.7 Å². The zero-order valence-corrected chi connectivity index (χ0v) is 20.4. The topological polar surface area (TPSA) is 59.1 Å². The zero-order valence-electron chi connectivity index (χ0n) is 20.4. The Kier molecular flexibility index (Phi) is 8.03. The molecule has 35 heavy (non-hydrogen) atoms. The van der Waals surface area contributed by atoms with Crippen LogP contribution in [0, 0.1) is 0 Å². The van der Waals surface area contributed by atoms with Crippen LogP contribution >= 0.6 is 0 Å². The maximum Gasteiger partial charge on any atom is 0.260 e. The summed E-state index contributed by atoms with van der Waals surface area (Å²) in [6.45, 7) is 3.81. The van der Waals surface area contributed by atoms with Crippen molar-refractivity contribution < 1.29 is 19.1 Å². The summed E-state index contributed by atoms with van der Waals surface area (Å²) in [6, 6.07) is 22.9. The number of nitrogens with zero attached hydrogens (tertiary/aromatic N) is 2. The van der Waals surface area contributed by atoms with Gasteiger partial charge in [0.1, 0.15) is 0 Å². The predicted molar refractivity (Wildman–Crippen MR) is 138 cm³/mol. The number of para-hydroxylation sites is 1. The van der Waals surface area contributed by atoms with Gasteiger partial charge in [0.2, 0.25) is 0 Å². The van der Waals surface area contributed by atoms with E-state index < -0.39 is 0 Å². The summed E-state index contributed by atoms with van der Waals surface area (Å²) in [5.74, 6) is 0.727. The van der Waals surface area contributed by atoms with Crippen molar-refractivity contribution in [2.45, 2.75) is 26.2 Å². The minimum absolute atomic E-state index is 0.0236. The Balaban J connectivity index is 1.52. The van der Waals surface area contributed by atoms with Crippen molar-refractivity contribution in [1.82, 2.24) is 4.90 Å². The molecule has 0 unspecified atom stereocenters. The van der Waals surface area contributed by atoms with Crippen molar-refractivity contribution in [2.75, 3.05) is 38.3 Å². The summed E-state index contributed by atoms with van der Waals surface area (Å²) < 4.78 is 11.6. The Morgan fingerprint density at radius 1 is 0.857 bits per heavy atom. The summed E-state index contributed by atoms with van der Waals surface area (Å²) >= 11 is 0. The molecule has 6 heteroatoms. The molecule has 0 aromatic heterocycles. The second-order valence-electron chi connectivity index (χ2n) is 8.57. The molecule has 6 nitrogen and oxygen atoms in total. The Hall–Kier alpha value is -3.80. The van der Waals surface area contributed by atoms with Crippen molar-refractivity contribution in [3.05, 3.63) is 78.4 Å². The van der Waals surface area contributed by atoms with Gasteiger partial charge in [0, 0.05) is 31.3 Å². The van der Waals surface area contributed by atoms with Crippen LogP contribution < -0.4 is 14.4 Å². The van der Waals surface area contributed by atoms with E-state index in [4.69, 9.17) is 9.47 Å². The number of carbonyl (C=O) groups excluding carboxylic acids is 2. The van der Waals surface area contributed by atoms with E-state index in [9.17, 15) is 9.59 Å². The lowest BCUT2D eigenvalue weighted by molar-refractivity contribution is -0.134. The summed E-state index contributed by atoms with van der Waals surface area (Å²) in [5.41, 5.74) is 3.31. The molecule has 0 radical (unpaired) electrons. The van der Waals surface area contributed by atoms with Crippen LogP contribution in [-0.4, -0.2) is 50.1 Å². The van der Waals surface area contributed by atoms with Crippen molar-refractivity contribution >= 4 is 17.5 Å². The molecule has 3 aromatic carbocycles. The molecule has 0 N–H and O–H groups in total. The van der Waals surface area contributed by atoms with Crippen LogP contribution in [0.15, 0.2) is 72.8 Å². The molecule has 1 aliphatic rings. The third-order valence-corrected chi connectivity index (χ3v) is 6.21. The number of hydrogen-bond acceptors (Lipinski definition) is 4. The number of ether oxygens (including phenoxy) is 2. The number of benzene rings is 3. The van der Waals surface area contributed by atoms with Crippen LogP contribution in [0.2, 0.25) is 0 Å². The molecule has 4 rings (SSSR count). The molecule has 182 valence electrons. The van der Waals surface area contributed by atoms with Gasteiger partial charge in [-0.3, -0.25) is 9.59 Å². The number of hydrogen-bond donors (Lipinski definition) is 0. The first-order valence-electron chi connectivity index (χ1n) is 12.2. The fraction of sp³-hybridized carbons (Fsp3) is 0.310. The van der Waals surface area contributed by atoms with Crippen molar-refractivity contribution in [3.8, 4) is 22.6 Å². The maximum absolute atomic E-state index is 13.4. The largest absolute Gasteiger partial charge is 0.490 e. The molecule has 3 aromatic rings. The number of piperidine rings is 1. The van der Waals surface area contributed by atoms with Gasteiger partial charge in [-0.2, -0.15) is 0 Å². The van der Waals surface area contributed by atoms with Gasteiger partial charge in [-0.05, 0) is 56.0 Å². The lowest BCUT2D eigenvalue weighted by Gasteiger charge is -2.26. The van der Waals surface area contributed by atoms with Crippen LogP contribution in [0.4, 0.5) is 5.69 Å². The minimum atomic E-state index is -0.162. The van der Waals surface area contributed by atoms with Crippen LogP contribution in [0.25, 0.3) is 11.1 Å². The highest BCUT2D eigenvalue weighted by Gasteiger charge is 2.21. The summed E-state index contributed by atoms with van der Waals surface area (Å²) in [7, 11) is 1.77. The van der Waals surface area contributed by atoms with E-state index in [2.05, 4.69) is 0 Å². The second-order valence-corrected chi connectivity index (χ2v) is 8.57. The third kappa shape index (κ3) is 5.83. The zero-order chi connectivity index (χ0) is 24.6. The first kappa shape index (κ1) is 24.3. The second kappa shape index (κ2) is 11.6. The molecule has 1 fully saturated rings. The lowest BCUT2D eigenvalue weighted by Crippen LogP contribution is -2.38. The molecule has 0 spiro atoms. The van der Waals surface area contributed by atoms with E-state index in [1.54, 1.807) is 30.1 Å². The minimum Gasteiger partial charge on any atom is -0.490 e. The van der Waals surface area contributed by atoms with Crippen LogP contribution in [0.3, 0.4) is 0 Å². The average molecular weight is 473 g/mol. The van der Waals surface area contributed by atoms with Crippen LogP contribution in [0.5, 0.6) is 11.5 Å². The maximum atomic E-state index is 13.4. The average Bonchev–Trinajstić information content (AvgIpc) is 2.92. The quantitative estimate of drug-likeness (QED) is 0.439. The number of carbonyl (C=O) groups is 2.